The number of nitrogens with zero attached hydrogens (tertiary/aromatic N) is 3. The van der Waals surface area contributed by atoms with E-state index in [1.54, 1.807) is 55.2 Å². The second-order valence-corrected chi connectivity index (χ2v) is 7.96. The van der Waals surface area contributed by atoms with E-state index in [-0.39, 0.29) is 0 Å². The Balaban J connectivity index is 0.000000520. The van der Waals surface area contributed by atoms with E-state index in [9.17, 15) is 4.39 Å². The molecule has 1 N–H and O–H groups in total. The molecule has 3 heterocycles. The smallest absolute Gasteiger partial charge is 0.202 e. The molecule has 0 amide bonds. The number of fused-ring (bicyclic) bond motifs is 1. The van der Waals surface area contributed by atoms with E-state index in [0.29, 0.717) is 5.75 Å². The zero-order valence-electron chi connectivity index (χ0n) is 20.1. The number of nitrogens with one attached hydrogen (secondary N) is 1. The van der Waals surface area contributed by atoms with E-state index in [1.165, 1.54) is 0 Å². The molecule has 34 heavy (non-hydrogen) atoms. The molecule has 0 bridgehead atoms. The van der Waals surface area contributed by atoms with Gasteiger partial charge in [0.2, 0.25) is 4.30 Å². The lowest BCUT2D eigenvalue weighted by atomic mass is 10.00. The molecule has 5 nitrogen and oxygen atoms in total. The SMILES string of the molecule is C=Cc1c(OC)c(-c2ccc(-c3ccncc3)cc2)nc2c(C)cncc12.CC.CNC(F)I. The molecule has 0 saturated carbocycles. The highest BCUT2D eigenvalue weighted by molar-refractivity contribution is 14.1. The van der Waals surface area contributed by atoms with Crippen LogP contribution in [0.5, 0.6) is 5.75 Å². The zero-order valence-corrected chi connectivity index (χ0v) is 22.3. The molecule has 0 radical (unpaired) electrons. The van der Waals surface area contributed by atoms with Gasteiger partial charge in [-0.2, -0.15) is 0 Å². The van der Waals surface area contributed by atoms with Crippen molar-refractivity contribution < 1.29 is 9.13 Å². The number of rotatable bonds is 5. The third-order valence-corrected chi connectivity index (χ3v) is 5.50. The molecular weight excluding hydrogens is 542 g/mol. The highest BCUT2D eigenvalue weighted by Crippen LogP contribution is 2.37. The molecule has 0 saturated heterocycles. The third-order valence-electron chi connectivity index (χ3n) is 4.87. The number of alkyl halides is 2. The normalized spacial score (nSPS) is 10.9. The number of benzene rings is 1. The van der Waals surface area contributed by atoms with Crippen molar-refractivity contribution in [2.75, 3.05) is 14.2 Å². The molecular formula is C27H30FIN4O. The highest BCUT2D eigenvalue weighted by atomic mass is 127. The van der Waals surface area contributed by atoms with Gasteiger partial charge in [-0.15, -0.1) is 0 Å². The quantitative estimate of drug-likeness (QED) is 0.155. The minimum Gasteiger partial charge on any atom is -0.494 e. The van der Waals surface area contributed by atoms with Crippen molar-refractivity contribution in [1.29, 1.82) is 0 Å². The van der Waals surface area contributed by atoms with Crippen molar-refractivity contribution in [3.05, 3.63) is 78.9 Å². The van der Waals surface area contributed by atoms with Gasteiger partial charge in [0.05, 0.1) is 12.6 Å². The largest absolute Gasteiger partial charge is 0.494 e. The Kier molecular flexibility index (Phi) is 11.0. The Morgan fingerprint density at radius 3 is 2.09 bits per heavy atom. The first-order valence-corrected chi connectivity index (χ1v) is 12.2. The van der Waals surface area contributed by atoms with Crippen LogP contribution in [0.15, 0.2) is 67.8 Å². The zero-order chi connectivity index (χ0) is 25.1. The molecule has 1 aromatic carbocycles. The number of methoxy groups -OCH3 is 1. The first-order chi connectivity index (χ1) is 16.5. The Morgan fingerprint density at radius 2 is 1.56 bits per heavy atom. The van der Waals surface area contributed by atoms with Gasteiger partial charge in [-0.1, -0.05) is 50.8 Å². The van der Waals surface area contributed by atoms with Crippen LogP contribution in [0.1, 0.15) is 25.0 Å². The van der Waals surface area contributed by atoms with Crippen LogP contribution in [-0.2, 0) is 0 Å². The van der Waals surface area contributed by atoms with E-state index in [4.69, 9.17) is 9.72 Å². The minimum atomic E-state index is -0.896. The molecule has 1 unspecified atom stereocenters. The van der Waals surface area contributed by atoms with Crippen molar-refractivity contribution in [2.45, 2.75) is 25.1 Å². The summed E-state index contributed by atoms with van der Waals surface area (Å²) in [5.41, 5.74) is 6.89. The summed E-state index contributed by atoms with van der Waals surface area (Å²) >= 11 is 1.63. The lowest BCUT2D eigenvalue weighted by molar-refractivity contribution is 0.414. The van der Waals surface area contributed by atoms with E-state index in [0.717, 1.165) is 44.4 Å². The molecule has 0 aliphatic carbocycles. The summed E-state index contributed by atoms with van der Waals surface area (Å²) in [6.45, 7) is 9.98. The van der Waals surface area contributed by atoms with Gasteiger partial charge in [0, 0.05) is 41.3 Å². The standard InChI is InChI=1S/C23H19N3O.C2H5FIN.C2H6/c1-4-19-20-14-25-13-15(2)21(20)26-22(23(19)27-3)18-7-5-16(6-8-18)17-9-11-24-12-10-17;1-5-2(3)4;1-2/h4-14H,1H2,2-3H3;2,5H,1H3;1-2H3. The average molecular weight is 572 g/mol. The number of halogens is 2. The Bertz CT molecular complexity index is 1200. The van der Waals surface area contributed by atoms with E-state index < -0.39 is 4.30 Å². The van der Waals surface area contributed by atoms with Crippen LogP contribution in [0.2, 0.25) is 0 Å². The summed E-state index contributed by atoms with van der Waals surface area (Å²) < 4.78 is 16.1. The fourth-order valence-corrected chi connectivity index (χ4v) is 3.29. The summed E-state index contributed by atoms with van der Waals surface area (Å²) in [4.78, 5) is 13.3. The van der Waals surface area contributed by atoms with Crippen molar-refractivity contribution in [3.8, 4) is 28.1 Å². The maximum absolute atomic E-state index is 11.3. The van der Waals surface area contributed by atoms with Crippen LogP contribution < -0.4 is 10.1 Å². The van der Waals surface area contributed by atoms with Crippen LogP contribution in [-0.4, -0.2) is 33.4 Å². The Morgan fingerprint density at radius 1 is 1.00 bits per heavy atom. The van der Waals surface area contributed by atoms with Crippen molar-refractivity contribution in [1.82, 2.24) is 20.3 Å². The number of hydrogen-bond donors (Lipinski definition) is 1. The minimum absolute atomic E-state index is 0.710. The van der Waals surface area contributed by atoms with Crippen LogP contribution >= 0.6 is 22.6 Å². The molecule has 3 aromatic heterocycles. The number of pyridine rings is 3. The molecule has 0 aliphatic rings. The van der Waals surface area contributed by atoms with Crippen LogP contribution in [0.3, 0.4) is 0 Å². The summed E-state index contributed by atoms with van der Waals surface area (Å²) in [6.07, 6.45) is 9.03. The molecule has 4 rings (SSSR count). The fourth-order valence-electron chi connectivity index (χ4n) is 3.29. The summed E-state index contributed by atoms with van der Waals surface area (Å²) in [7, 11) is 3.23. The van der Waals surface area contributed by atoms with Gasteiger partial charge in [0.25, 0.3) is 0 Å². The molecule has 1 atom stereocenters. The van der Waals surface area contributed by atoms with Crippen molar-refractivity contribution in [2.24, 2.45) is 0 Å². The van der Waals surface area contributed by atoms with Gasteiger partial charge in [-0.25, -0.2) is 9.37 Å². The molecule has 4 aromatic rings. The molecule has 7 heteroatoms. The van der Waals surface area contributed by atoms with Gasteiger partial charge in [-0.05, 0) is 65.4 Å². The van der Waals surface area contributed by atoms with Gasteiger partial charge in [0.1, 0.15) is 5.69 Å². The van der Waals surface area contributed by atoms with E-state index >= 15 is 0 Å². The second kappa shape index (κ2) is 13.7. The maximum Gasteiger partial charge on any atom is 0.202 e. The predicted molar refractivity (Wildman–Crippen MR) is 149 cm³/mol. The molecule has 0 aliphatic heterocycles. The summed E-state index contributed by atoms with van der Waals surface area (Å²) in [5.74, 6) is 0.710. The number of ether oxygens (including phenoxy) is 1. The number of aryl methyl sites for hydroxylation is 1. The number of aromatic nitrogens is 3. The van der Waals surface area contributed by atoms with Crippen LogP contribution in [0, 0.1) is 6.92 Å². The van der Waals surface area contributed by atoms with Gasteiger partial charge < -0.3 is 4.74 Å². The Hall–Kier alpha value is -2.91. The maximum atomic E-state index is 11.3. The second-order valence-electron chi connectivity index (χ2n) is 6.87. The summed E-state index contributed by atoms with van der Waals surface area (Å²) in [5, 5.41) is 3.29. The molecule has 0 spiro atoms. The fraction of sp³-hybridized carbons (Fsp3) is 0.222. The lowest BCUT2D eigenvalue weighted by Crippen LogP contribution is -2.10. The van der Waals surface area contributed by atoms with Gasteiger partial charge >= 0.3 is 0 Å². The van der Waals surface area contributed by atoms with Gasteiger partial charge in [0.15, 0.2) is 5.75 Å². The first kappa shape index (κ1) is 27.3. The monoisotopic (exact) mass is 572 g/mol. The predicted octanol–water partition coefficient (Wildman–Crippen LogP) is 7.24. The van der Waals surface area contributed by atoms with Crippen molar-refractivity contribution in [3.63, 3.8) is 0 Å². The first-order valence-electron chi connectivity index (χ1n) is 10.9. The topological polar surface area (TPSA) is 59.9 Å². The third kappa shape index (κ3) is 6.57. The van der Waals surface area contributed by atoms with Gasteiger partial charge in [-0.3, -0.25) is 15.3 Å². The summed E-state index contributed by atoms with van der Waals surface area (Å²) in [6, 6.07) is 12.3. The average Bonchev–Trinajstić information content (AvgIpc) is 2.90. The Labute approximate surface area is 214 Å². The molecule has 178 valence electrons. The molecule has 0 fully saturated rings. The lowest BCUT2D eigenvalue weighted by Gasteiger charge is -2.15. The van der Waals surface area contributed by atoms with E-state index in [1.807, 2.05) is 45.3 Å². The van der Waals surface area contributed by atoms with Crippen LogP contribution in [0.4, 0.5) is 4.39 Å². The number of hydrogen-bond acceptors (Lipinski definition) is 5. The van der Waals surface area contributed by atoms with Crippen molar-refractivity contribution >= 4 is 39.6 Å². The highest BCUT2D eigenvalue weighted by Gasteiger charge is 2.17. The van der Waals surface area contributed by atoms with Crippen LogP contribution in [0.25, 0.3) is 39.4 Å². The van der Waals surface area contributed by atoms with E-state index in [2.05, 4.69) is 46.1 Å².